The minimum Gasteiger partial charge on any atom is -0.465 e. The topological polar surface area (TPSA) is 90.0 Å². The minimum absolute atomic E-state index is 0.228. The third-order valence-corrected chi connectivity index (χ3v) is 2.30. The van der Waals surface area contributed by atoms with Crippen molar-refractivity contribution < 1.29 is 14.3 Å². The highest BCUT2D eigenvalue weighted by molar-refractivity contribution is 5.90. The summed E-state index contributed by atoms with van der Waals surface area (Å²) in [6.45, 7) is 0.506. The molecule has 1 aromatic carbocycles. The molecule has 18 heavy (non-hydrogen) atoms. The molecule has 0 aliphatic heterocycles. The maximum absolute atomic E-state index is 11.5. The van der Waals surface area contributed by atoms with E-state index in [2.05, 4.69) is 20.6 Å². The number of tetrazole rings is 1. The maximum atomic E-state index is 11.5. The van der Waals surface area contributed by atoms with E-state index >= 15 is 0 Å². The molecule has 0 amide bonds. The van der Waals surface area contributed by atoms with Crippen LogP contribution in [0.4, 0.5) is 0 Å². The molecule has 0 saturated carbocycles. The van der Waals surface area contributed by atoms with Crippen molar-refractivity contribution in [3.63, 3.8) is 0 Å². The number of carbonyl (C=O) groups is 1. The van der Waals surface area contributed by atoms with Crippen LogP contribution in [0.25, 0.3) is 0 Å². The van der Waals surface area contributed by atoms with E-state index in [4.69, 9.17) is 9.47 Å². The quantitative estimate of drug-likeness (QED) is 0.783. The predicted octanol–water partition coefficient (Wildman–Crippen LogP) is 0.703. The molecule has 94 valence electrons. The molecular formula is C11H12N4O3. The van der Waals surface area contributed by atoms with Crippen molar-refractivity contribution in [3.8, 4) is 0 Å². The molecule has 0 saturated heterocycles. The van der Waals surface area contributed by atoms with Crippen LogP contribution in [0.1, 0.15) is 21.7 Å². The molecule has 1 aromatic heterocycles. The number of benzene rings is 1. The van der Waals surface area contributed by atoms with Crippen molar-refractivity contribution in [2.24, 2.45) is 0 Å². The molecule has 0 spiro atoms. The Balaban J connectivity index is 1.98. The van der Waals surface area contributed by atoms with E-state index in [1.165, 1.54) is 7.11 Å². The number of H-pyrrole nitrogens is 1. The predicted molar refractivity (Wildman–Crippen MR) is 60.5 cm³/mol. The van der Waals surface area contributed by atoms with Gasteiger partial charge in [0.25, 0.3) is 0 Å². The van der Waals surface area contributed by atoms with E-state index < -0.39 is 0 Å². The highest BCUT2D eigenvalue weighted by Gasteiger charge is 2.11. The van der Waals surface area contributed by atoms with Gasteiger partial charge in [-0.05, 0) is 11.6 Å². The van der Waals surface area contributed by atoms with Crippen molar-refractivity contribution in [3.05, 3.63) is 41.2 Å². The van der Waals surface area contributed by atoms with Crippen molar-refractivity contribution in [1.82, 2.24) is 20.6 Å². The van der Waals surface area contributed by atoms with Crippen molar-refractivity contribution in [1.29, 1.82) is 0 Å². The Bertz CT molecular complexity index is 513. The number of rotatable bonds is 5. The Morgan fingerprint density at radius 3 is 2.89 bits per heavy atom. The summed E-state index contributed by atoms with van der Waals surface area (Å²) >= 11 is 0. The fraction of sp³-hybridized carbons (Fsp3) is 0.273. The molecule has 0 aliphatic carbocycles. The lowest BCUT2D eigenvalue weighted by atomic mass is 10.1. The van der Waals surface area contributed by atoms with E-state index in [-0.39, 0.29) is 19.2 Å². The smallest absolute Gasteiger partial charge is 0.338 e. The number of methoxy groups -OCH3 is 1. The van der Waals surface area contributed by atoms with Crippen LogP contribution in [0.2, 0.25) is 0 Å². The van der Waals surface area contributed by atoms with Crippen molar-refractivity contribution >= 4 is 5.97 Å². The number of aromatic nitrogens is 4. The van der Waals surface area contributed by atoms with Crippen LogP contribution < -0.4 is 0 Å². The molecule has 0 atom stereocenters. The SMILES string of the molecule is COC(=O)c1ccccc1COCc1nn[nH]n1. The number of ether oxygens (including phenoxy) is 2. The first kappa shape index (κ1) is 12.2. The van der Waals surface area contributed by atoms with Crippen LogP contribution in [0.3, 0.4) is 0 Å². The van der Waals surface area contributed by atoms with Gasteiger partial charge in [0, 0.05) is 0 Å². The van der Waals surface area contributed by atoms with E-state index in [0.717, 1.165) is 5.56 Å². The molecule has 2 rings (SSSR count). The lowest BCUT2D eigenvalue weighted by Gasteiger charge is -2.07. The Morgan fingerprint density at radius 1 is 1.33 bits per heavy atom. The van der Waals surface area contributed by atoms with Gasteiger partial charge in [0.05, 0.1) is 19.3 Å². The summed E-state index contributed by atoms with van der Waals surface area (Å²) < 4.78 is 10.1. The van der Waals surface area contributed by atoms with Crippen molar-refractivity contribution in [2.75, 3.05) is 7.11 Å². The molecule has 0 unspecified atom stereocenters. The highest BCUT2D eigenvalue weighted by atomic mass is 16.5. The second kappa shape index (κ2) is 5.87. The van der Waals surface area contributed by atoms with Crippen LogP contribution in [0, 0.1) is 0 Å². The molecule has 1 heterocycles. The molecule has 0 aliphatic rings. The van der Waals surface area contributed by atoms with E-state index in [1.54, 1.807) is 12.1 Å². The average molecular weight is 248 g/mol. The van der Waals surface area contributed by atoms with Gasteiger partial charge in [-0.2, -0.15) is 5.21 Å². The lowest BCUT2D eigenvalue weighted by Crippen LogP contribution is -2.07. The summed E-state index contributed by atoms with van der Waals surface area (Å²) in [5.74, 6) is 0.0827. The number of hydrogen-bond donors (Lipinski definition) is 1. The van der Waals surface area contributed by atoms with Gasteiger partial charge < -0.3 is 9.47 Å². The number of aromatic amines is 1. The van der Waals surface area contributed by atoms with Gasteiger partial charge in [-0.15, -0.1) is 10.2 Å². The highest BCUT2D eigenvalue weighted by Crippen LogP contribution is 2.11. The zero-order valence-corrected chi connectivity index (χ0v) is 9.79. The summed E-state index contributed by atoms with van der Waals surface area (Å²) in [6, 6.07) is 7.11. The van der Waals surface area contributed by atoms with Crippen LogP contribution in [-0.2, 0) is 22.7 Å². The molecule has 0 fully saturated rings. The molecule has 2 aromatic rings. The first-order valence-corrected chi connectivity index (χ1v) is 5.27. The molecule has 7 heteroatoms. The Hall–Kier alpha value is -2.28. The number of nitrogens with zero attached hydrogens (tertiary/aromatic N) is 3. The number of nitrogens with one attached hydrogen (secondary N) is 1. The molecular weight excluding hydrogens is 236 g/mol. The van der Waals surface area contributed by atoms with Gasteiger partial charge in [0.2, 0.25) is 0 Å². The zero-order valence-electron chi connectivity index (χ0n) is 9.79. The molecule has 0 radical (unpaired) electrons. The number of hydrogen-bond acceptors (Lipinski definition) is 6. The van der Waals surface area contributed by atoms with Gasteiger partial charge in [0.15, 0.2) is 5.82 Å². The Labute approximate surface area is 103 Å². The molecule has 7 nitrogen and oxygen atoms in total. The second-order valence-corrected chi connectivity index (χ2v) is 3.47. The average Bonchev–Trinajstić information content (AvgIpc) is 2.92. The largest absolute Gasteiger partial charge is 0.465 e. The molecule has 0 bridgehead atoms. The van der Waals surface area contributed by atoms with Gasteiger partial charge in [-0.3, -0.25) is 0 Å². The van der Waals surface area contributed by atoms with Crippen molar-refractivity contribution in [2.45, 2.75) is 13.2 Å². The first-order chi connectivity index (χ1) is 8.81. The fourth-order valence-corrected chi connectivity index (χ4v) is 1.45. The van der Waals surface area contributed by atoms with E-state index in [9.17, 15) is 4.79 Å². The normalized spacial score (nSPS) is 10.3. The zero-order chi connectivity index (χ0) is 12.8. The lowest BCUT2D eigenvalue weighted by molar-refractivity contribution is 0.0589. The summed E-state index contributed by atoms with van der Waals surface area (Å²) in [5.41, 5.74) is 1.25. The van der Waals surface area contributed by atoms with E-state index in [1.807, 2.05) is 12.1 Å². The van der Waals surface area contributed by atoms with Crippen LogP contribution in [-0.4, -0.2) is 33.7 Å². The summed E-state index contributed by atoms with van der Waals surface area (Å²) in [6.07, 6.45) is 0. The fourth-order valence-electron chi connectivity index (χ4n) is 1.45. The summed E-state index contributed by atoms with van der Waals surface area (Å²) in [5, 5.41) is 13.3. The summed E-state index contributed by atoms with van der Waals surface area (Å²) in [4.78, 5) is 11.5. The summed E-state index contributed by atoms with van der Waals surface area (Å²) in [7, 11) is 1.35. The Kier molecular flexibility index (Phi) is 3.98. The van der Waals surface area contributed by atoms with E-state index in [0.29, 0.717) is 11.4 Å². The van der Waals surface area contributed by atoms with Crippen LogP contribution in [0.15, 0.2) is 24.3 Å². The third kappa shape index (κ3) is 2.89. The standard InChI is InChI=1S/C11H12N4O3/c1-17-11(16)9-5-3-2-4-8(9)6-18-7-10-12-14-15-13-10/h2-5H,6-7H2,1H3,(H,12,13,14,15). The van der Waals surface area contributed by atoms with Gasteiger partial charge >= 0.3 is 5.97 Å². The Morgan fingerprint density at radius 2 is 2.17 bits per heavy atom. The second-order valence-electron chi connectivity index (χ2n) is 3.47. The molecule has 1 N–H and O–H groups in total. The monoisotopic (exact) mass is 248 g/mol. The van der Waals surface area contributed by atoms with Crippen LogP contribution >= 0.6 is 0 Å². The number of esters is 1. The first-order valence-electron chi connectivity index (χ1n) is 5.27. The number of carbonyl (C=O) groups excluding carboxylic acids is 1. The maximum Gasteiger partial charge on any atom is 0.338 e. The third-order valence-electron chi connectivity index (χ3n) is 2.30. The van der Waals surface area contributed by atoms with Gasteiger partial charge in [0.1, 0.15) is 6.61 Å². The minimum atomic E-state index is -0.381. The van der Waals surface area contributed by atoms with Crippen LogP contribution in [0.5, 0.6) is 0 Å². The van der Waals surface area contributed by atoms with Gasteiger partial charge in [-0.25, -0.2) is 4.79 Å². The van der Waals surface area contributed by atoms with Gasteiger partial charge in [-0.1, -0.05) is 23.4 Å².